The fourth-order valence-electron chi connectivity index (χ4n) is 4.83. The summed E-state index contributed by atoms with van der Waals surface area (Å²) in [6.45, 7) is 1.43. The van der Waals surface area contributed by atoms with Gasteiger partial charge < -0.3 is 20.8 Å². The lowest BCUT2D eigenvalue weighted by Crippen LogP contribution is -2.52. The summed E-state index contributed by atoms with van der Waals surface area (Å²) < 4.78 is 0. The zero-order chi connectivity index (χ0) is 18.1. The Bertz CT molecular complexity index is 473. The zero-order valence-corrected chi connectivity index (χ0v) is 16.1. The molecule has 0 radical (unpaired) electrons. The standard InChI is InChI=1S/C18H30Cl2N2O3/c19-14-8-13(16(24)9-15(14)20)17(21)10-3-5-22(6-4-10)18(25)11-1-2-12(23)7-11/h10-17,23-24H,1-9,21H2/t11-,12+,13?,14?,15?,16?,17-/m1/s1. The summed E-state index contributed by atoms with van der Waals surface area (Å²) in [4.78, 5) is 14.5. The first-order valence-electron chi connectivity index (χ1n) is 9.55. The molecule has 7 atom stereocenters. The van der Waals surface area contributed by atoms with Crippen LogP contribution in [0.4, 0.5) is 0 Å². The molecule has 5 nitrogen and oxygen atoms in total. The van der Waals surface area contributed by atoms with E-state index in [0.717, 1.165) is 38.8 Å². The topological polar surface area (TPSA) is 86.8 Å². The van der Waals surface area contributed by atoms with E-state index in [0.29, 0.717) is 25.2 Å². The highest BCUT2D eigenvalue weighted by atomic mass is 35.5. The van der Waals surface area contributed by atoms with Crippen molar-refractivity contribution >= 4 is 29.1 Å². The summed E-state index contributed by atoms with van der Waals surface area (Å²) in [6.07, 6.45) is 4.19. The number of halogens is 2. The van der Waals surface area contributed by atoms with E-state index in [2.05, 4.69) is 0 Å². The SMILES string of the molecule is N[C@H](C1CCN(C(=O)[C@@H]2CC[C@H](O)C2)CC1)C1CC(Cl)C(Cl)CC1O. The van der Waals surface area contributed by atoms with Crippen LogP contribution in [0.3, 0.4) is 0 Å². The van der Waals surface area contributed by atoms with Gasteiger partial charge >= 0.3 is 0 Å². The van der Waals surface area contributed by atoms with Crippen LogP contribution >= 0.6 is 23.2 Å². The first-order chi connectivity index (χ1) is 11.9. The van der Waals surface area contributed by atoms with Crippen LogP contribution in [0.25, 0.3) is 0 Å². The lowest BCUT2D eigenvalue weighted by Gasteiger charge is -2.42. The summed E-state index contributed by atoms with van der Waals surface area (Å²) in [5.41, 5.74) is 6.48. The van der Waals surface area contributed by atoms with Gasteiger partial charge in [0.1, 0.15) is 0 Å². The second kappa shape index (κ2) is 8.30. The first kappa shape index (κ1) is 19.7. The van der Waals surface area contributed by atoms with Crippen molar-refractivity contribution in [2.75, 3.05) is 13.1 Å². The zero-order valence-electron chi connectivity index (χ0n) is 14.6. The Morgan fingerprint density at radius 2 is 1.64 bits per heavy atom. The van der Waals surface area contributed by atoms with Crippen LogP contribution in [0, 0.1) is 17.8 Å². The van der Waals surface area contributed by atoms with Crippen molar-refractivity contribution < 1.29 is 15.0 Å². The van der Waals surface area contributed by atoms with Crippen molar-refractivity contribution in [3.8, 4) is 0 Å². The number of aliphatic hydroxyl groups is 2. The number of hydrogen-bond donors (Lipinski definition) is 3. The first-order valence-corrected chi connectivity index (χ1v) is 10.4. The van der Waals surface area contributed by atoms with Gasteiger partial charge in [-0.25, -0.2) is 0 Å². The largest absolute Gasteiger partial charge is 0.393 e. The third-order valence-corrected chi connectivity index (χ3v) is 7.59. The minimum absolute atomic E-state index is 0.0157. The van der Waals surface area contributed by atoms with Gasteiger partial charge in [0.25, 0.3) is 0 Å². The van der Waals surface area contributed by atoms with Gasteiger partial charge in [-0.1, -0.05) is 0 Å². The predicted octanol–water partition coefficient (Wildman–Crippen LogP) is 1.70. The Kier molecular flexibility index (Phi) is 6.54. The molecule has 1 aliphatic heterocycles. The van der Waals surface area contributed by atoms with E-state index in [1.54, 1.807) is 0 Å². The van der Waals surface area contributed by atoms with E-state index in [-0.39, 0.29) is 40.6 Å². The van der Waals surface area contributed by atoms with Gasteiger partial charge in [-0.3, -0.25) is 4.79 Å². The van der Waals surface area contributed by atoms with E-state index in [9.17, 15) is 15.0 Å². The normalized spacial score (nSPS) is 41.7. The molecule has 1 saturated heterocycles. The summed E-state index contributed by atoms with van der Waals surface area (Å²) >= 11 is 12.4. The molecule has 25 heavy (non-hydrogen) atoms. The number of rotatable bonds is 3. The number of aliphatic hydroxyl groups excluding tert-OH is 2. The molecule has 0 aromatic heterocycles. The second-order valence-corrected chi connectivity index (χ2v) is 9.26. The molecule has 2 saturated carbocycles. The van der Waals surface area contributed by atoms with E-state index in [1.807, 2.05) is 4.90 Å². The smallest absolute Gasteiger partial charge is 0.225 e. The van der Waals surface area contributed by atoms with Crippen LogP contribution in [0.1, 0.15) is 44.9 Å². The van der Waals surface area contributed by atoms with Crippen molar-refractivity contribution in [2.24, 2.45) is 23.5 Å². The minimum atomic E-state index is -0.493. The Hall–Kier alpha value is -0.0700. The molecule has 2 aliphatic carbocycles. The van der Waals surface area contributed by atoms with Gasteiger partial charge in [0.15, 0.2) is 0 Å². The van der Waals surface area contributed by atoms with Crippen LogP contribution < -0.4 is 5.73 Å². The van der Waals surface area contributed by atoms with Crippen molar-refractivity contribution in [2.45, 2.75) is 73.9 Å². The number of hydrogen-bond acceptors (Lipinski definition) is 4. The van der Waals surface area contributed by atoms with Crippen molar-refractivity contribution in [3.63, 3.8) is 0 Å². The van der Waals surface area contributed by atoms with Gasteiger partial charge in [0.2, 0.25) is 5.91 Å². The maximum atomic E-state index is 12.6. The Balaban J connectivity index is 1.50. The number of piperidine rings is 1. The molecule has 7 heteroatoms. The van der Waals surface area contributed by atoms with Crippen molar-refractivity contribution in [1.29, 1.82) is 0 Å². The van der Waals surface area contributed by atoms with E-state index in [4.69, 9.17) is 28.9 Å². The molecule has 1 amide bonds. The molecule has 4 unspecified atom stereocenters. The van der Waals surface area contributed by atoms with Gasteiger partial charge in [0, 0.05) is 31.0 Å². The average molecular weight is 393 g/mol. The number of alkyl halides is 2. The molecule has 3 rings (SSSR count). The molecular weight excluding hydrogens is 363 g/mol. The lowest BCUT2D eigenvalue weighted by molar-refractivity contribution is -0.137. The third kappa shape index (κ3) is 4.44. The van der Waals surface area contributed by atoms with Crippen LogP contribution in [0.15, 0.2) is 0 Å². The van der Waals surface area contributed by atoms with Gasteiger partial charge in [-0.2, -0.15) is 0 Å². The second-order valence-electron chi connectivity index (χ2n) is 8.14. The highest BCUT2D eigenvalue weighted by Crippen LogP contribution is 2.37. The fraction of sp³-hybridized carbons (Fsp3) is 0.944. The van der Waals surface area contributed by atoms with Crippen molar-refractivity contribution in [3.05, 3.63) is 0 Å². The average Bonchev–Trinajstić information content (AvgIpc) is 3.03. The van der Waals surface area contributed by atoms with Gasteiger partial charge in [-0.15, -0.1) is 23.2 Å². The van der Waals surface area contributed by atoms with Gasteiger partial charge in [0.05, 0.1) is 23.0 Å². The van der Waals surface area contributed by atoms with E-state index >= 15 is 0 Å². The molecule has 1 heterocycles. The highest BCUT2D eigenvalue weighted by molar-refractivity contribution is 6.30. The van der Waals surface area contributed by atoms with E-state index in [1.165, 1.54) is 0 Å². The number of carbonyl (C=O) groups excluding carboxylic acids is 1. The predicted molar refractivity (Wildman–Crippen MR) is 98.6 cm³/mol. The summed E-state index contributed by atoms with van der Waals surface area (Å²) in [5.74, 6) is 0.452. The molecule has 3 aliphatic rings. The van der Waals surface area contributed by atoms with Crippen LogP contribution in [0.2, 0.25) is 0 Å². The Morgan fingerprint density at radius 3 is 2.24 bits per heavy atom. The molecule has 0 spiro atoms. The summed E-state index contributed by atoms with van der Waals surface area (Å²) in [6, 6.07) is -0.106. The van der Waals surface area contributed by atoms with Crippen LogP contribution in [-0.2, 0) is 4.79 Å². The number of likely N-dealkylation sites (tertiary alicyclic amines) is 1. The number of nitrogens with two attached hydrogens (primary N) is 1. The molecule has 0 aromatic carbocycles. The highest BCUT2D eigenvalue weighted by Gasteiger charge is 2.41. The maximum absolute atomic E-state index is 12.6. The lowest BCUT2D eigenvalue weighted by atomic mass is 9.74. The number of amides is 1. The third-order valence-electron chi connectivity index (χ3n) is 6.49. The molecule has 0 bridgehead atoms. The number of carbonyl (C=O) groups is 1. The van der Waals surface area contributed by atoms with Gasteiger partial charge in [-0.05, 0) is 50.9 Å². The van der Waals surface area contributed by atoms with Crippen molar-refractivity contribution in [1.82, 2.24) is 4.90 Å². The molecule has 144 valence electrons. The quantitative estimate of drug-likeness (QED) is 0.637. The molecule has 4 N–H and O–H groups in total. The molecular formula is C18H30Cl2N2O3. The fourth-order valence-corrected chi connectivity index (χ4v) is 5.42. The summed E-state index contributed by atoms with van der Waals surface area (Å²) in [5, 5.41) is 19.7. The Morgan fingerprint density at radius 1 is 1.00 bits per heavy atom. The monoisotopic (exact) mass is 392 g/mol. The van der Waals surface area contributed by atoms with Crippen LogP contribution in [0.5, 0.6) is 0 Å². The van der Waals surface area contributed by atoms with Crippen LogP contribution in [-0.4, -0.2) is 63.1 Å². The molecule has 3 fully saturated rings. The molecule has 0 aromatic rings. The minimum Gasteiger partial charge on any atom is -0.393 e. The number of nitrogens with zero attached hydrogens (tertiary/aromatic N) is 1. The van der Waals surface area contributed by atoms with E-state index < -0.39 is 6.10 Å². The Labute approximate surface area is 159 Å². The maximum Gasteiger partial charge on any atom is 0.225 e. The summed E-state index contributed by atoms with van der Waals surface area (Å²) in [7, 11) is 0.